The lowest BCUT2D eigenvalue weighted by Gasteiger charge is -2.19. The summed E-state index contributed by atoms with van der Waals surface area (Å²) >= 11 is 0. The summed E-state index contributed by atoms with van der Waals surface area (Å²) in [4.78, 5) is -1.15. The van der Waals surface area contributed by atoms with E-state index in [0.717, 1.165) is 12.8 Å². The van der Waals surface area contributed by atoms with Crippen molar-refractivity contribution in [2.45, 2.75) is 30.2 Å². The number of hydrogen-bond acceptors (Lipinski definition) is 3. The van der Waals surface area contributed by atoms with Crippen molar-refractivity contribution in [1.82, 2.24) is 4.72 Å². The molecule has 0 bridgehead atoms. The summed E-state index contributed by atoms with van der Waals surface area (Å²) in [5.41, 5.74) is 5.53. The van der Waals surface area contributed by atoms with Gasteiger partial charge < -0.3 is 5.73 Å². The molecule has 2 atom stereocenters. The van der Waals surface area contributed by atoms with Gasteiger partial charge in [-0.05, 0) is 25.3 Å². The lowest BCUT2D eigenvalue weighted by molar-refractivity contribution is 0.445. The highest BCUT2D eigenvalue weighted by atomic mass is 32.2. The van der Waals surface area contributed by atoms with E-state index in [1.54, 1.807) is 0 Å². The Bertz CT molecular complexity index is 584. The Labute approximate surface area is 115 Å². The fourth-order valence-corrected chi connectivity index (χ4v) is 3.98. The van der Waals surface area contributed by atoms with Gasteiger partial charge in [0.15, 0.2) is 4.90 Å². The van der Waals surface area contributed by atoms with E-state index in [1.165, 1.54) is 0 Å². The Hall–Kier alpha value is -1.12. The van der Waals surface area contributed by atoms with E-state index in [0.29, 0.717) is 25.1 Å². The number of sulfonamides is 1. The molecular weight excluding hydrogens is 293 g/mol. The van der Waals surface area contributed by atoms with E-state index in [9.17, 15) is 21.6 Å². The molecule has 4 nitrogen and oxygen atoms in total. The molecule has 20 heavy (non-hydrogen) atoms. The van der Waals surface area contributed by atoms with E-state index in [1.807, 2.05) is 0 Å². The quantitative estimate of drug-likeness (QED) is 0.885. The van der Waals surface area contributed by atoms with E-state index in [4.69, 9.17) is 5.73 Å². The molecule has 0 amide bonds. The van der Waals surface area contributed by atoms with Crippen molar-refractivity contribution >= 4 is 10.0 Å². The molecule has 3 N–H and O–H groups in total. The van der Waals surface area contributed by atoms with Crippen molar-refractivity contribution in [1.29, 1.82) is 0 Å². The summed E-state index contributed by atoms with van der Waals surface area (Å²) in [5.74, 6) is -4.12. The molecule has 0 spiro atoms. The first-order valence-electron chi connectivity index (χ1n) is 6.22. The van der Waals surface area contributed by atoms with Crippen molar-refractivity contribution in [3.05, 3.63) is 29.6 Å². The van der Waals surface area contributed by atoms with Crippen LogP contribution in [0.15, 0.2) is 17.0 Å². The molecule has 1 fully saturated rings. The predicted octanol–water partition coefficient (Wildman–Crippen LogP) is 1.51. The van der Waals surface area contributed by atoms with Gasteiger partial charge in [0.1, 0.15) is 17.5 Å². The van der Waals surface area contributed by atoms with Crippen LogP contribution in [0.3, 0.4) is 0 Å². The molecule has 0 radical (unpaired) electrons. The largest absolute Gasteiger partial charge is 0.330 e. The average Bonchev–Trinajstić information content (AvgIpc) is 2.73. The molecule has 2 rings (SSSR count). The molecule has 1 aromatic carbocycles. The molecular formula is C12H15F3N2O2S. The molecule has 112 valence electrons. The Kier molecular flexibility index (Phi) is 4.36. The van der Waals surface area contributed by atoms with Crippen LogP contribution in [0.25, 0.3) is 0 Å². The maximum Gasteiger partial charge on any atom is 0.246 e. The first-order valence-corrected chi connectivity index (χ1v) is 7.70. The summed E-state index contributed by atoms with van der Waals surface area (Å²) in [5, 5.41) is 0. The standard InChI is InChI=1S/C12H15F3N2O2S/c13-8-4-9(14)12(10(15)5-8)20(18,19)17-11-3-1-2-7(11)6-16/h4-5,7,11,17H,1-3,6,16H2/t7-,11-/m0/s1. The van der Waals surface area contributed by atoms with Crippen LogP contribution < -0.4 is 10.5 Å². The molecule has 0 aliphatic heterocycles. The van der Waals surface area contributed by atoms with E-state index >= 15 is 0 Å². The summed E-state index contributed by atoms with van der Waals surface area (Å²) in [7, 11) is -4.39. The Morgan fingerprint density at radius 3 is 2.35 bits per heavy atom. The van der Waals surface area contributed by atoms with Gasteiger partial charge in [-0.2, -0.15) is 0 Å². The molecule has 8 heteroatoms. The maximum absolute atomic E-state index is 13.5. The van der Waals surface area contributed by atoms with Gasteiger partial charge in [-0.1, -0.05) is 6.42 Å². The molecule has 1 saturated carbocycles. The SMILES string of the molecule is NC[C@@H]1CCC[C@@H]1NS(=O)(=O)c1c(F)cc(F)cc1F. The number of rotatable bonds is 4. The number of hydrogen-bond donors (Lipinski definition) is 2. The molecule has 0 unspecified atom stereocenters. The lowest BCUT2D eigenvalue weighted by Crippen LogP contribution is -2.40. The average molecular weight is 308 g/mol. The molecule has 1 aliphatic rings. The fraction of sp³-hybridized carbons (Fsp3) is 0.500. The first kappa shape index (κ1) is 15.3. The van der Waals surface area contributed by atoms with Gasteiger partial charge in [0.25, 0.3) is 0 Å². The van der Waals surface area contributed by atoms with Gasteiger partial charge in [0.2, 0.25) is 10.0 Å². The molecule has 0 heterocycles. The Morgan fingerprint density at radius 2 is 1.80 bits per heavy atom. The van der Waals surface area contributed by atoms with Gasteiger partial charge in [-0.3, -0.25) is 0 Å². The molecule has 1 aliphatic carbocycles. The second-order valence-corrected chi connectivity index (χ2v) is 6.50. The summed E-state index contributed by atoms with van der Waals surface area (Å²) in [6.07, 6.45) is 2.12. The molecule has 0 aromatic heterocycles. The number of benzene rings is 1. The fourth-order valence-electron chi connectivity index (χ4n) is 2.52. The summed E-state index contributed by atoms with van der Waals surface area (Å²) in [6.45, 7) is 0.293. The van der Waals surface area contributed by atoms with Crippen LogP contribution in [0, 0.1) is 23.4 Å². The molecule has 0 saturated heterocycles. The minimum absolute atomic E-state index is 0.0589. The van der Waals surface area contributed by atoms with Crippen LogP contribution in [-0.2, 0) is 10.0 Å². The zero-order valence-electron chi connectivity index (χ0n) is 10.6. The van der Waals surface area contributed by atoms with Crippen molar-refractivity contribution in [3.8, 4) is 0 Å². The highest BCUT2D eigenvalue weighted by Crippen LogP contribution is 2.27. The van der Waals surface area contributed by atoms with Gasteiger partial charge in [-0.25, -0.2) is 26.3 Å². The van der Waals surface area contributed by atoms with Crippen molar-refractivity contribution in [3.63, 3.8) is 0 Å². The Morgan fingerprint density at radius 1 is 1.20 bits per heavy atom. The summed E-state index contributed by atoms with van der Waals surface area (Å²) < 4.78 is 66.2. The van der Waals surface area contributed by atoms with Crippen LogP contribution in [0.2, 0.25) is 0 Å². The smallest absolute Gasteiger partial charge is 0.246 e. The van der Waals surface area contributed by atoms with Crippen molar-refractivity contribution < 1.29 is 21.6 Å². The maximum atomic E-state index is 13.5. The lowest BCUT2D eigenvalue weighted by atomic mass is 10.1. The predicted molar refractivity (Wildman–Crippen MR) is 66.8 cm³/mol. The van der Waals surface area contributed by atoms with E-state index < -0.39 is 38.4 Å². The van der Waals surface area contributed by atoms with Crippen LogP contribution in [0.5, 0.6) is 0 Å². The van der Waals surface area contributed by atoms with Crippen LogP contribution in [0.1, 0.15) is 19.3 Å². The van der Waals surface area contributed by atoms with Crippen molar-refractivity contribution in [2.75, 3.05) is 6.54 Å². The first-order chi connectivity index (χ1) is 9.35. The van der Waals surface area contributed by atoms with E-state index in [-0.39, 0.29) is 5.92 Å². The number of nitrogens with one attached hydrogen (secondary N) is 1. The highest BCUT2D eigenvalue weighted by Gasteiger charge is 2.33. The number of nitrogens with two attached hydrogens (primary N) is 1. The highest BCUT2D eigenvalue weighted by molar-refractivity contribution is 7.89. The third kappa shape index (κ3) is 2.97. The van der Waals surface area contributed by atoms with E-state index in [2.05, 4.69) is 4.72 Å². The minimum Gasteiger partial charge on any atom is -0.330 e. The third-order valence-corrected chi connectivity index (χ3v) is 5.04. The monoisotopic (exact) mass is 308 g/mol. The van der Waals surface area contributed by atoms with Crippen LogP contribution >= 0.6 is 0 Å². The summed E-state index contributed by atoms with van der Waals surface area (Å²) in [6, 6.07) is 0.230. The van der Waals surface area contributed by atoms with Gasteiger partial charge in [-0.15, -0.1) is 0 Å². The van der Waals surface area contributed by atoms with Crippen LogP contribution in [0.4, 0.5) is 13.2 Å². The zero-order chi connectivity index (χ0) is 14.9. The van der Waals surface area contributed by atoms with Gasteiger partial charge >= 0.3 is 0 Å². The third-order valence-electron chi connectivity index (χ3n) is 3.50. The number of halogens is 3. The Balaban J connectivity index is 2.32. The second-order valence-electron chi connectivity index (χ2n) is 4.85. The minimum atomic E-state index is -4.39. The second kappa shape index (κ2) is 5.71. The zero-order valence-corrected chi connectivity index (χ0v) is 11.4. The normalized spacial score (nSPS) is 23.2. The van der Waals surface area contributed by atoms with Crippen molar-refractivity contribution in [2.24, 2.45) is 11.7 Å². The topological polar surface area (TPSA) is 72.2 Å². The van der Waals surface area contributed by atoms with Crippen LogP contribution in [-0.4, -0.2) is 21.0 Å². The van der Waals surface area contributed by atoms with Gasteiger partial charge in [0.05, 0.1) is 0 Å². The molecule has 1 aromatic rings. The van der Waals surface area contributed by atoms with Gasteiger partial charge in [0, 0.05) is 18.2 Å².